The van der Waals surface area contributed by atoms with Crippen LogP contribution < -0.4 is 0 Å². The Hall–Kier alpha value is -21.3. The molecule has 24 aromatic heterocycles. The number of rotatable bonds is 0. The molecule has 0 saturated carbocycles. The standard InChI is InChI=1S/2C9H7N.4C8H6N2.2C8H7N.5C7H6N2.C6H5N3.C6H4N2S.C5H4N4/c1-2-6-9-8(4-1)5-3-7-10-9;1-2-4-9-7-10-6-5-8(9)3-1;1-2-4-8-7(3-1)5-9-6-10-8;1-2-4-8-6-10-9-5-7(8)3-1;1-2-4-8-7(3-1)9-5-6-10-8;1-2-4-8-7(3-1)5-6-9-10-8;1-2-6-9-7-3-5-8(9)4-1;1-2-4-8-6-9-5-7(8)3-1;1-3-7-4-2-6-9(7)8-5-1;1-2-6-9-7(3-1)4-5-8-9;1-2-5-9-6-4-8-7(9)3-1;1-2-4-9-6-8-5-7(9)3-1;1-2-4-7-6(3-1)5-8-9-7;1-2-7-5-9-4-3-8-6(1)9;1-2-9-6-5(1)3-7-4-8-6;1-4-5(8-2-6-1)9-3-7-4/h2*1-7H;4*1-6H;1-7H;1-6,9H;4*1-6H;1-5H,(H,8,9);1-5H;1-4H;1-3H,(H,6,7,8,9). The monoisotopic (exact) mass is 1980 g/mol. The van der Waals surface area contributed by atoms with E-state index in [0.717, 1.165) is 104 Å². The van der Waals surface area contributed by atoms with Crippen molar-refractivity contribution in [2.75, 3.05) is 0 Å². The van der Waals surface area contributed by atoms with Crippen LogP contribution in [-0.2, 0) is 0 Å². The molecule has 0 radical (unpaired) electrons. The Morgan fingerprint density at radius 3 is 1.42 bits per heavy atom. The number of aromatic nitrogens is 31. The van der Waals surface area contributed by atoms with E-state index in [0.29, 0.717) is 5.65 Å². The number of nitrogens with zero attached hydrogens (tertiary/aromatic N) is 28. The third-order valence-corrected chi connectivity index (χ3v) is 22.5. The molecule has 32 rings (SSSR count). The van der Waals surface area contributed by atoms with Crippen LogP contribution in [0.2, 0.25) is 0 Å². The third-order valence-electron chi connectivity index (χ3n) is 21.6. The summed E-state index contributed by atoms with van der Waals surface area (Å²) in [5, 5.41) is 45.1. The summed E-state index contributed by atoms with van der Waals surface area (Å²) in [7, 11) is 0. The molecule has 0 spiro atoms. The molecule has 150 heavy (non-hydrogen) atoms. The van der Waals surface area contributed by atoms with Gasteiger partial charge >= 0.3 is 0 Å². The Kier molecular flexibility index (Phi) is 36.9. The van der Waals surface area contributed by atoms with Gasteiger partial charge in [-0.3, -0.25) is 29.4 Å². The number of hydrogen-bond donors (Lipinski definition) is 3. The van der Waals surface area contributed by atoms with Crippen LogP contribution in [0.15, 0.2) is 563 Å². The Morgan fingerprint density at radius 1 is 0.233 bits per heavy atom. The molecule has 32 aromatic rings. The first kappa shape index (κ1) is 100. The van der Waals surface area contributed by atoms with Crippen molar-refractivity contribution < 1.29 is 0 Å². The van der Waals surface area contributed by atoms with Crippen LogP contribution in [0.1, 0.15) is 0 Å². The zero-order chi connectivity index (χ0) is 102. The number of H-pyrrole nitrogens is 3. The second-order valence-corrected chi connectivity index (χ2v) is 32.5. The van der Waals surface area contributed by atoms with Crippen LogP contribution >= 0.6 is 11.3 Å². The molecule has 0 saturated heterocycles. The normalized spacial score (nSPS) is 10.1. The smallest absolute Gasteiger partial charge is 0.180 e. The molecule has 0 aliphatic heterocycles. The summed E-state index contributed by atoms with van der Waals surface area (Å²) >= 11 is 1.64. The third kappa shape index (κ3) is 30.4. The van der Waals surface area contributed by atoms with E-state index in [4.69, 9.17) is 0 Å². The van der Waals surface area contributed by atoms with Gasteiger partial charge in [-0.15, -0.1) is 11.3 Å². The zero-order valence-corrected chi connectivity index (χ0v) is 81.4. The van der Waals surface area contributed by atoms with Crippen molar-refractivity contribution in [1.82, 2.24) is 152 Å². The summed E-state index contributed by atoms with van der Waals surface area (Å²) in [6.45, 7) is 0. The first-order valence-electron chi connectivity index (χ1n) is 47.1. The number of thiophene rings is 1. The molecule has 728 valence electrons. The fourth-order valence-electron chi connectivity index (χ4n) is 14.2. The summed E-state index contributed by atoms with van der Waals surface area (Å²) in [5.41, 5.74) is 14.2. The fourth-order valence-corrected chi connectivity index (χ4v) is 15.0. The van der Waals surface area contributed by atoms with Gasteiger partial charge < -0.3 is 23.2 Å². The van der Waals surface area contributed by atoms with Gasteiger partial charge in [0.2, 0.25) is 0 Å². The highest BCUT2D eigenvalue weighted by molar-refractivity contribution is 7.16. The van der Waals surface area contributed by atoms with Gasteiger partial charge in [0.1, 0.15) is 47.0 Å². The molecular weight excluding hydrogens is 1880 g/mol. The number of hydrogen-bond acceptors (Lipinski definition) is 23. The maximum absolute atomic E-state index is 4.18. The molecule has 3 N–H and O–H groups in total. The molecule has 32 heteroatoms. The maximum Gasteiger partial charge on any atom is 0.180 e. The van der Waals surface area contributed by atoms with Crippen LogP contribution in [0.3, 0.4) is 0 Å². The molecule has 31 nitrogen and oxygen atoms in total. The van der Waals surface area contributed by atoms with E-state index in [-0.39, 0.29) is 0 Å². The number of imidazole rings is 4. The van der Waals surface area contributed by atoms with Crippen molar-refractivity contribution in [3.05, 3.63) is 563 Å². The van der Waals surface area contributed by atoms with Gasteiger partial charge in [-0.25, -0.2) is 63.9 Å². The van der Waals surface area contributed by atoms with Gasteiger partial charge in [0.05, 0.1) is 99.5 Å². The number of benzene rings is 8. The predicted octanol–water partition coefficient (Wildman–Crippen LogP) is 24.8. The zero-order valence-electron chi connectivity index (χ0n) is 80.5. The number of nitrogens with one attached hydrogen (secondary N) is 3. The van der Waals surface area contributed by atoms with Gasteiger partial charge in [-0.2, -0.15) is 35.7 Å². The quantitative estimate of drug-likeness (QED) is 0.127. The van der Waals surface area contributed by atoms with E-state index in [9.17, 15) is 0 Å². The Bertz CT molecular complexity index is 7180. The SMILES string of the molecule is c1cc2nccn2cn1.c1ccc2[nH]ncc2c1.c1ccc2c[nH]cc2c1.c1ccc2cnccc2c1.c1ccc2cnncc2c1.c1ccc2ncccc2c1.c1ccc2nccnc2c1.c1ccc2ncncc2c1.c1ccc2nnccc2c1.c1ccn2cccc2c1.c1ccn2ccnc2c1.c1ccn2cncc2c1.c1ccn2nccc2c1.c1cnn2cccc2c1.c1ncc2[nH]cnc2n1.c1ncc2ccsc2n1. The van der Waals surface area contributed by atoms with Crippen molar-refractivity contribution in [2.24, 2.45) is 0 Å². The van der Waals surface area contributed by atoms with Gasteiger partial charge in [-0.1, -0.05) is 188 Å². The van der Waals surface area contributed by atoms with Gasteiger partial charge in [0.25, 0.3) is 0 Å². The van der Waals surface area contributed by atoms with Crippen LogP contribution in [0.5, 0.6) is 0 Å². The Morgan fingerprint density at radius 2 is 0.733 bits per heavy atom. The lowest BCUT2D eigenvalue weighted by molar-refractivity contribution is 0.941. The lowest BCUT2D eigenvalue weighted by Gasteiger charge is -1.91. The molecule has 24 heterocycles. The van der Waals surface area contributed by atoms with Crippen LogP contribution in [0.25, 0.3) is 142 Å². The highest BCUT2D eigenvalue weighted by Crippen LogP contribution is 2.18. The maximum atomic E-state index is 4.18. The predicted molar refractivity (Wildman–Crippen MR) is 596 cm³/mol. The van der Waals surface area contributed by atoms with E-state index in [1.807, 2.05) is 430 Å². The van der Waals surface area contributed by atoms with E-state index in [1.54, 1.807) is 111 Å². The number of para-hydroxylation sites is 5. The van der Waals surface area contributed by atoms with Crippen molar-refractivity contribution in [2.45, 2.75) is 0 Å². The van der Waals surface area contributed by atoms with E-state index in [1.165, 1.54) is 38.8 Å². The molecule has 0 bridgehead atoms. The lowest BCUT2D eigenvalue weighted by Crippen LogP contribution is -1.84. The van der Waals surface area contributed by atoms with Crippen molar-refractivity contribution in [1.29, 1.82) is 0 Å². The van der Waals surface area contributed by atoms with Crippen LogP contribution in [0.4, 0.5) is 0 Å². The van der Waals surface area contributed by atoms with Crippen molar-refractivity contribution >= 4 is 153 Å². The van der Waals surface area contributed by atoms with Crippen LogP contribution in [-0.4, -0.2) is 152 Å². The van der Waals surface area contributed by atoms with E-state index >= 15 is 0 Å². The largest absolute Gasteiger partial charge is 0.366 e. The highest BCUT2D eigenvalue weighted by Gasteiger charge is 2.00. The molecule has 8 aromatic carbocycles. The molecule has 0 unspecified atom stereocenters. The minimum Gasteiger partial charge on any atom is -0.366 e. The highest BCUT2D eigenvalue weighted by atomic mass is 32.1. The van der Waals surface area contributed by atoms with Gasteiger partial charge in [0.15, 0.2) is 5.65 Å². The minimum absolute atomic E-state index is 0.713. The van der Waals surface area contributed by atoms with Crippen molar-refractivity contribution in [3.63, 3.8) is 0 Å². The first-order chi connectivity index (χ1) is 74.5. The summed E-state index contributed by atoms with van der Waals surface area (Å²) in [6, 6.07) is 114. The number of pyridine rings is 6. The summed E-state index contributed by atoms with van der Waals surface area (Å²) < 4.78 is 11.6. The van der Waals surface area contributed by atoms with Gasteiger partial charge in [-0.05, 0) is 185 Å². The van der Waals surface area contributed by atoms with Crippen LogP contribution in [0, 0.1) is 0 Å². The summed E-state index contributed by atoms with van der Waals surface area (Å²) in [5.74, 6) is 0. The molecular formula is C118H95N31S. The van der Waals surface area contributed by atoms with Crippen molar-refractivity contribution in [3.8, 4) is 0 Å². The van der Waals surface area contributed by atoms with E-state index in [2.05, 4.69) is 178 Å². The molecule has 0 fully saturated rings. The first-order valence-corrected chi connectivity index (χ1v) is 47.9. The van der Waals surface area contributed by atoms with Gasteiger partial charge in [0, 0.05) is 180 Å². The average Bonchev–Trinajstić information content (AvgIpc) is 1.12. The minimum atomic E-state index is 0.713. The summed E-state index contributed by atoms with van der Waals surface area (Å²) in [6.07, 6.45) is 61.2. The molecule has 0 aliphatic rings. The average molecular weight is 1980 g/mol. The number of aromatic amines is 3. The number of fused-ring (bicyclic) bond motifs is 16. The molecule has 0 atom stereocenters. The Balaban J connectivity index is 0.000000109. The molecule has 0 aliphatic carbocycles. The van der Waals surface area contributed by atoms with E-state index < -0.39 is 0 Å². The summed E-state index contributed by atoms with van der Waals surface area (Å²) in [4.78, 5) is 66.9. The second-order valence-electron chi connectivity index (χ2n) is 31.6. The fraction of sp³-hybridized carbons (Fsp3) is 0. The topological polar surface area (TPSA) is 357 Å². The molecule has 0 amide bonds. The second kappa shape index (κ2) is 55.2. The Labute approximate surface area is 862 Å². The lowest BCUT2D eigenvalue weighted by atomic mass is 10.2.